The molecule has 2 N–H and O–H groups in total. The summed E-state index contributed by atoms with van der Waals surface area (Å²) in [6.45, 7) is -0.202. The topological polar surface area (TPSA) is 140 Å². The average molecular weight is 449 g/mol. The highest BCUT2D eigenvalue weighted by Crippen LogP contribution is 2.22. The van der Waals surface area contributed by atoms with Crippen LogP contribution in [0.5, 0.6) is 0 Å². The second kappa shape index (κ2) is 8.16. The van der Waals surface area contributed by atoms with Gasteiger partial charge in [0.2, 0.25) is 21.2 Å². The summed E-state index contributed by atoms with van der Waals surface area (Å²) in [4.78, 5) is 17.1. The van der Waals surface area contributed by atoms with E-state index in [0.29, 0.717) is 11.4 Å². The number of aromatic nitrogens is 4. The standard InChI is InChI=1S/C16H12N6O4S3/c23-14(10-5-2-1-3-6-10)19-15-20-21-16(28-15)29(24,25)17-9-12-18-13(22-26-12)11-7-4-8-27-11/h1-8,17H,9H2,(H,19,20,23). The van der Waals surface area contributed by atoms with Gasteiger partial charge in [0.05, 0.1) is 11.4 Å². The van der Waals surface area contributed by atoms with E-state index < -0.39 is 15.9 Å². The number of hydrogen-bond donors (Lipinski definition) is 2. The molecule has 4 rings (SSSR count). The molecular formula is C16H12N6O4S3. The van der Waals surface area contributed by atoms with Crippen LogP contribution in [0.2, 0.25) is 0 Å². The molecule has 0 fully saturated rings. The number of anilines is 1. The first-order valence-corrected chi connectivity index (χ1v) is 11.3. The minimum absolute atomic E-state index is 0.0667. The van der Waals surface area contributed by atoms with Gasteiger partial charge in [0, 0.05) is 5.56 Å². The van der Waals surface area contributed by atoms with Gasteiger partial charge in [-0.05, 0) is 23.6 Å². The van der Waals surface area contributed by atoms with Crippen LogP contribution in [0.1, 0.15) is 16.2 Å². The molecule has 1 amide bonds. The molecule has 0 saturated carbocycles. The Morgan fingerprint density at radius 1 is 1.10 bits per heavy atom. The smallest absolute Gasteiger partial charge is 0.270 e. The number of benzene rings is 1. The SMILES string of the molecule is O=C(Nc1nnc(S(=O)(=O)NCc2nc(-c3cccs3)no2)s1)c1ccccc1. The molecule has 0 spiro atoms. The molecule has 3 aromatic heterocycles. The third kappa shape index (κ3) is 4.54. The van der Waals surface area contributed by atoms with Crippen LogP contribution >= 0.6 is 22.7 Å². The third-order valence-corrected chi connectivity index (χ3v) is 6.99. The van der Waals surface area contributed by atoms with Gasteiger partial charge >= 0.3 is 0 Å². The van der Waals surface area contributed by atoms with Crippen LogP contribution in [0.4, 0.5) is 5.13 Å². The molecule has 0 saturated heterocycles. The van der Waals surface area contributed by atoms with Crippen molar-refractivity contribution in [3.05, 3.63) is 59.3 Å². The maximum absolute atomic E-state index is 12.4. The van der Waals surface area contributed by atoms with Gasteiger partial charge in [-0.2, -0.15) is 9.71 Å². The lowest BCUT2D eigenvalue weighted by atomic mass is 10.2. The van der Waals surface area contributed by atoms with E-state index >= 15 is 0 Å². The predicted molar refractivity (Wildman–Crippen MR) is 106 cm³/mol. The van der Waals surface area contributed by atoms with E-state index in [-0.39, 0.29) is 21.9 Å². The number of rotatable bonds is 7. The average Bonchev–Trinajstić information content (AvgIpc) is 3.48. The number of sulfonamides is 1. The fraction of sp³-hybridized carbons (Fsp3) is 0.0625. The van der Waals surface area contributed by atoms with Crippen LogP contribution in [-0.4, -0.2) is 34.7 Å². The largest absolute Gasteiger partial charge is 0.337 e. The van der Waals surface area contributed by atoms with Gasteiger partial charge in [-0.25, -0.2) is 8.42 Å². The molecular weight excluding hydrogens is 436 g/mol. The normalized spacial score (nSPS) is 11.4. The Labute approximate surface area is 172 Å². The Morgan fingerprint density at radius 3 is 2.69 bits per heavy atom. The first kappa shape index (κ1) is 19.3. The minimum Gasteiger partial charge on any atom is -0.337 e. The van der Waals surface area contributed by atoms with Crippen LogP contribution in [0.3, 0.4) is 0 Å². The van der Waals surface area contributed by atoms with Gasteiger partial charge in [-0.15, -0.1) is 21.5 Å². The van der Waals surface area contributed by atoms with E-state index in [0.717, 1.165) is 16.2 Å². The zero-order chi connectivity index (χ0) is 20.3. The van der Waals surface area contributed by atoms with Crippen molar-refractivity contribution in [3.8, 4) is 10.7 Å². The Morgan fingerprint density at radius 2 is 1.93 bits per heavy atom. The van der Waals surface area contributed by atoms with E-state index in [1.807, 2.05) is 17.5 Å². The lowest BCUT2D eigenvalue weighted by molar-refractivity contribution is 0.102. The van der Waals surface area contributed by atoms with Crippen LogP contribution in [0.15, 0.2) is 56.7 Å². The number of hydrogen-bond acceptors (Lipinski definition) is 10. The van der Waals surface area contributed by atoms with Gasteiger partial charge < -0.3 is 4.52 Å². The predicted octanol–water partition coefficient (Wildman–Crippen LogP) is 2.38. The van der Waals surface area contributed by atoms with E-state index in [4.69, 9.17) is 4.52 Å². The quantitative estimate of drug-likeness (QED) is 0.411. The molecule has 29 heavy (non-hydrogen) atoms. The molecule has 1 aromatic carbocycles. The van der Waals surface area contributed by atoms with Crippen molar-refractivity contribution in [1.82, 2.24) is 25.1 Å². The highest BCUT2D eigenvalue weighted by atomic mass is 32.2. The molecule has 0 radical (unpaired) electrons. The number of nitrogens with one attached hydrogen (secondary N) is 2. The molecule has 4 aromatic rings. The van der Waals surface area contributed by atoms with Gasteiger partial charge in [0.15, 0.2) is 0 Å². The molecule has 3 heterocycles. The lowest BCUT2D eigenvalue weighted by Gasteiger charge is -2.00. The summed E-state index contributed by atoms with van der Waals surface area (Å²) in [7, 11) is -3.96. The summed E-state index contributed by atoms with van der Waals surface area (Å²) in [5.74, 6) is 0.0840. The van der Waals surface area contributed by atoms with E-state index in [1.165, 1.54) is 11.3 Å². The number of nitrogens with zero attached hydrogens (tertiary/aromatic N) is 4. The van der Waals surface area contributed by atoms with Crippen molar-refractivity contribution >= 4 is 43.7 Å². The summed E-state index contributed by atoms with van der Waals surface area (Å²) in [6.07, 6.45) is 0. The van der Waals surface area contributed by atoms with Crippen molar-refractivity contribution in [2.45, 2.75) is 10.9 Å². The Bertz CT molecular complexity index is 1220. The number of thiophene rings is 1. The Kier molecular flexibility index (Phi) is 5.44. The minimum atomic E-state index is -3.96. The zero-order valence-corrected chi connectivity index (χ0v) is 16.9. The molecule has 0 atom stereocenters. The lowest BCUT2D eigenvalue weighted by Crippen LogP contribution is -2.23. The van der Waals surface area contributed by atoms with Crippen molar-refractivity contribution < 1.29 is 17.7 Å². The molecule has 0 aliphatic carbocycles. The summed E-state index contributed by atoms with van der Waals surface area (Å²) in [6, 6.07) is 12.2. The monoisotopic (exact) mass is 448 g/mol. The summed E-state index contributed by atoms with van der Waals surface area (Å²) < 4.78 is 31.9. The molecule has 13 heteroatoms. The van der Waals surface area contributed by atoms with E-state index in [9.17, 15) is 13.2 Å². The zero-order valence-electron chi connectivity index (χ0n) is 14.5. The first-order chi connectivity index (χ1) is 14.0. The van der Waals surface area contributed by atoms with Crippen molar-refractivity contribution in [1.29, 1.82) is 0 Å². The second-order valence-electron chi connectivity index (χ2n) is 5.51. The van der Waals surface area contributed by atoms with E-state index in [1.54, 1.807) is 30.3 Å². The van der Waals surface area contributed by atoms with Crippen LogP contribution in [0.25, 0.3) is 10.7 Å². The molecule has 0 aliphatic rings. The fourth-order valence-corrected chi connectivity index (χ4v) is 4.74. The number of carbonyl (C=O) groups is 1. The third-order valence-electron chi connectivity index (χ3n) is 3.52. The second-order valence-corrected chi connectivity index (χ2v) is 9.37. The van der Waals surface area contributed by atoms with Gasteiger partial charge in [-0.3, -0.25) is 10.1 Å². The highest BCUT2D eigenvalue weighted by molar-refractivity contribution is 7.91. The van der Waals surface area contributed by atoms with Crippen molar-refractivity contribution in [2.24, 2.45) is 0 Å². The van der Waals surface area contributed by atoms with Gasteiger partial charge in [0.25, 0.3) is 15.9 Å². The number of amides is 1. The Hall–Kier alpha value is -3.00. The Balaban J connectivity index is 1.40. The van der Waals surface area contributed by atoms with Crippen molar-refractivity contribution in [3.63, 3.8) is 0 Å². The van der Waals surface area contributed by atoms with Crippen LogP contribution < -0.4 is 10.0 Å². The van der Waals surface area contributed by atoms with Gasteiger partial charge in [0.1, 0.15) is 0 Å². The molecule has 148 valence electrons. The molecule has 0 unspecified atom stereocenters. The van der Waals surface area contributed by atoms with Crippen LogP contribution in [-0.2, 0) is 16.6 Å². The summed E-state index contributed by atoms with van der Waals surface area (Å²) in [5, 5.41) is 15.6. The molecule has 0 bridgehead atoms. The number of carbonyl (C=O) groups excluding carboxylic acids is 1. The van der Waals surface area contributed by atoms with E-state index in [2.05, 4.69) is 30.4 Å². The van der Waals surface area contributed by atoms with Crippen molar-refractivity contribution in [2.75, 3.05) is 5.32 Å². The summed E-state index contributed by atoms with van der Waals surface area (Å²) >= 11 is 2.17. The maximum atomic E-state index is 12.4. The molecule has 10 nitrogen and oxygen atoms in total. The van der Waals surface area contributed by atoms with Gasteiger partial charge in [-0.1, -0.05) is 40.8 Å². The highest BCUT2D eigenvalue weighted by Gasteiger charge is 2.22. The molecule has 0 aliphatic heterocycles. The first-order valence-electron chi connectivity index (χ1n) is 8.07. The fourth-order valence-electron chi connectivity index (χ4n) is 2.18. The van der Waals surface area contributed by atoms with Crippen LogP contribution in [0, 0.1) is 0 Å². The maximum Gasteiger partial charge on any atom is 0.270 e. The summed E-state index contributed by atoms with van der Waals surface area (Å²) in [5.41, 5.74) is 0.420.